The molecule has 2 aromatic rings. The van der Waals surface area contributed by atoms with Crippen LogP contribution in [0.2, 0.25) is 0 Å². The van der Waals surface area contributed by atoms with Crippen LogP contribution in [0, 0.1) is 6.92 Å². The summed E-state index contributed by atoms with van der Waals surface area (Å²) in [7, 11) is 3.51. The zero-order valence-corrected chi connectivity index (χ0v) is 26.0. The van der Waals surface area contributed by atoms with Crippen LogP contribution in [0.25, 0.3) is 0 Å². The molecule has 1 N–H and O–H groups in total. The number of hydrogen-bond acceptors (Lipinski definition) is 6. The minimum Gasteiger partial charge on any atom is -0.497 e. The molecule has 0 atom stereocenters. The summed E-state index contributed by atoms with van der Waals surface area (Å²) in [6.45, 7) is 10.8. The van der Waals surface area contributed by atoms with Gasteiger partial charge < -0.3 is 15.0 Å². The molecular formula is C34H42ClN5O. The number of ether oxygens (including phenoxy) is 1. The molecule has 0 saturated heterocycles. The summed E-state index contributed by atoms with van der Waals surface area (Å²) in [6, 6.07) is 12.2. The largest absolute Gasteiger partial charge is 0.497 e. The fraction of sp³-hybridized carbons (Fsp3) is 0.324. The molecule has 2 aliphatic carbocycles. The van der Waals surface area contributed by atoms with Crippen molar-refractivity contribution in [2.45, 2.75) is 53.5 Å². The third-order valence-electron chi connectivity index (χ3n) is 6.33. The lowest BCUT2D eigenvalue weighted by Gasteiger charge is -2.33. The molecule has 41 heavy (non-hydrogen) atoms. The van der Waals surface area contributed by atoms with Gasteiger partial charge in [0.25, 0.3) is 0 Å². The Morgan fingerprint density at radius 2 is 1.90 bits per heavy atom. The van der Waals surface area contributed by atoms with Crippen LogP contribution in [-0.4, -0.2) is 43.2 Å². The highest BCUT2D eigenvalue weighted by Gasteiger charge is 2.26. The molecule has 0 saturated carbocycles. The predicted molar refractivity (Wildman–Crippen MR) is 177 cm³/mol. The van der Waals surface area contributed by atoms with E-state index >= 15 is 0 Å². The van der Waals surface area contributed by atoms with Gasteiger partial charge in [-0.25, -0.2) is 0 Å². The Kier molecular flexibility index (Phi) is 12.2. The molecule has 4 rings (SSSR count). The zero-order chi connectivity index (χ0) is 29.8. The first-order valence-corrected chi connectivity index (χ1v) is 14.6. The molecule has 2 aliphatic rings. The number of pyridine rings is 1. The van der Waals surface area contributed by atoms with Gasteiger partial charge in [-0.15, -0.1) is 0 Å². The number of hydrogen-bond donors (Lipinski definition) is 1. The van der Waals surface area contributed by atoms with Crippen molar-refractivity contribution in [1.82, 2.24) is 4.98 Å². The number of aliphatic imine (C=N–C) groups is 2. The molecule has 216 valence electrons. The van der Waals surface area contributed by atoms with Gasteiger partial charge in [-0.3, -0.25) is 15.0 Å². The number of rotatable bonds is 8. The van der Waals surface area contributed by atoms with E-state index in [-0.39, 0.29) is 6.04 Å². The maximum Gasteiger partial charge on any atom is 0.120 e. The summed E-state index contributed by atoms with van der Waals surface area (Å²) in [6.07, 6.45) is 15.9. The lowest BCUT2D eigenvalue weighted by atomic mass is 9.96. The number of anilines is 2. The molecule has 1 aromatic heterocycles. The Balaban J connectivity index is 0.00000226. The van der Waals surface area contributed by atoms with Gasteiger partial charge in [0.2, 0.25) is 0 Å². The second-order valence-electron chi connectivity index (χ2n) is 9.65. The highest BCUT2D eigenvalue weighted by atomic mass is 35.5. The molecule has 0 unspecified atom stereocenters. The molecule has 0 aliphatic heterocycles. The average molecular weight is 572 g/mol. The average Bonchev–Trinajstić information content (AvgIpc) is 2.97. The zero-order valence-electron chi connectivity index (χ0n) is 25.3. The van der Waals surface area contributed by atoms with Crippen LogP contribution in [0.5, 0.6) is 5.75 Å². The lowest BCUT2D eigenvalue weighted by molar-refractivity contribution is 0.415. The quantitative estimate of drug-likeness (QED) is 0.323. The highest BCUT2D eigenvalue weighted by molar-refractivity contribution is 6.31. The standard InChI is InChI=1S/C32H36ClN5O.C2H6/c1-22(2)37-30-19-32(31(34-4)17-24(30)20-36-26-15-13-23(3)35-21-26)38(28-11-8-12-29(18-28)39-5)27-10-7-6-9-25(33)14-16-27;1-2/h6,8-9,11-19,21-22,36H,7,10,20H2,1-5H3;1-2H3/b9-6-,25-14+,27-16+,34-31?,37-30?;. The second kappa shape index (κ2) is 15.8. The van der Waals surface area contributed by atoms with Crippen LogP contribution >= 0.6 is 11.6 Å². The highest BCUT2D eigenvalue weighted by Crippen LogP contribution is 2.33. The normalized spacial score (nSPS) is 20.3. The van der Waals surface area contributed by atoms with Gasteiger partial charge >= 0.3 is 0 Å². The monoisotopic (exact) mass is 571 g/mol. The fourth-order valence-electron chi connectivity index (χ4n) is 4.41. The topological polar surface area (TPSA) is 62.1 Å². The van der Waals surface area contributed by atoms with E-state index in [2.05, 4.69) is 59.4 Å². The minimum atomic E-state index is 0.125. The van der Waals surface area contributed by atoms with Gasteiger partial charge in [-0.05, 0) is 93.8 Å². The van der Waals surface area contributed by atoms with Gasteiger partial charge in [0, 0.05) is 47.8 Å². The van der Waals surface area contributed by atoms with Crippen molar-refractivity contribution < 1.29 is 4.74 Å². The van der Waals surface area contributed by atoms with Crippen molar-refractivity contribution in [2.24, 2.45) is 9.98 Å². The first kappa shape index (κ1) is 31.6. The summed E-state index contributed by atoms with van der Waals surface area (Å²) in [5.74, 6) is 0.784. The van der Waals surface area contributed by atoms with Crippen molar-refractivity contribution in [3.8, 4) is 5.75 Å². The van der Waals surface area contributed by atoms with Crippen molar-refractivity contribution in [1.29, 1.82) is 0 Å². The summed E-state index contributed by atoms with van der Waals surface area (Å²) in [5, 5.41) is 4.19. The molecular weight excluding hydrogens is 530 g/mol. The summed E-state index contributed by atoms with van der Waals surface area (Å²) in [5.41, 5.74) is 7.84. The number of aryl methyl sites for hydroxylation is 1. The van der Waals surface area contributed by atoms with Crippen LogP contribution in [0.3, 0.4) is 0 Å². The molecule has 0 bridgehead atoms. The van der Waals surface area contributed by atoms with Crippen LogP contribution in [0.15, 0.2) is 111 Å². The van der Waals surface area contributed by atoms with Crippen LogP contribution in [0.4, 0.5) is 11.4 Å². The Bertz CT molecular complexity index is 1390. The van der Waals surface area contributed by atoms with Crippen LogP contribution < -0.4 is 15.0 Å². The van der Waals surface area contributed by atoms with Crippen molar-refractivity contribution in [2.75, 3.05) is 30.9 Å². The lowest BCUT2D eigenvalue weighted by Crippen LogP contribution is -2.31. The van der Waals surface area contributed by atoms with E-state index in [0.717, 1.165) is 64.1 Å². The van der Waals surface area contributed by atoms with Crippen LogP contribution in [0.1, 0.15) is 46.2 Å². The van der Waals surface area contributed by atoms with E-state index in [1.165, 1.54) is 0 Å². The summed E-state index contributed by atoms with van der Waals surface area (Å²) in [4.78, 5) is 16.4. The number of methoxy groups -OCH3 is 1. The third kappa shape index (κ3) is 8.79. The fourth-order valence-corrected chi connectivity index (χ4v) is 4.57. The van der Waals surface area contributed by atoms with Gasteiger partial charge in [0.1, 0.15) is 5.75 Å². The first-order chi connectivity index (χ1) is 19.9. The Hall–Kier alpha value is -3.90. The SMILES string of the molecule is CC.CN=C1C=C(CNc2ccc(C)nc2)C(=NC(C)C)C=C1N(/C1=C/C=C(Cl)\C=C/CC1)c1cccc(OC)c1. The van der Waals surface area contributed by atoms with Crippen molar-refractivity contribution in [3.63, 3.8) is 0 Å². The molecule has 6 nitrogen and oxygen atoms in total. The van der Waals surface area contributed by atoms with E-state index in [4.69, 9.17) is 26.3 Å². The van der Waals surface area contributed by atoms with Gasteiger partial charge in [0.15, 0.2) is 0 Å². The predicted octanol–water partition coefficient (Wildman–Crippen LogP) is 8.44. The number of benzene rings is 1. The number of nitrogens with zero attached hydrogens (tertiary/aromatic N) is 4. The van der Waals surface area contributed by atoms with E-state index in [1.807, 2.05) is 76.5 Å². The molecule has 0 amide bonds. The number of nitrogens with one attached hydrogen (secondary N) is 1. The number of halogens is 1. The van der Waals surface area contributed by atoms with Crippen molar-refractivity contribution in [3.05, 3.63) is 107 Å². The number of aromatic nitrogens is 1. The maximum absolute atomic E-state index is 6.41. The molecule has 0 radical (unpaired) electrons. The molecule has 7 heteroatoms. The molecule has 1 aromatic carbocycles. The Morgan fingerprint density at radius 1 is 1.10 bits per heavy atom. The Labute approximate surface area is 250 Å². The smallest absolute Gasteiger partial charge is 0.120 e. The maximum atomic E-state index is 6.41. The number of allylic oxidation sites excluding steroid dienone is 8. The van der Waals surface area contributed by atoms with E-state index in [9.17, 15) is 0 Å². The second-order valence-corrected chi connectivity index (χ2v) is 10.1. The minimum absolute atomic E-state index is 0.125. The first-order valence-electron chi connectivity index (χ1n) is 14.2. The summed E-state index contributed by atoms with van der Waals surface area (Å²) >= 11 is 6.41. The van der Waals surface area contributed by atoms with E-state index in [0.29, 0.717) is 11.6 Å². The van der Waals surface area contributed by atoms with Gasteiger partial charge in [0.05, 0.1) is 36.1 Å². The molecule has 1 heterocycles. The molecule has 0 fully saturated rings. The summed E-state index contributed by atoms with van der Waals surface area (Å²) < 4.78 is 5.58. The van der Waals surface area contributed by atoms with Crippen molar-refractivity contribution >= 4 is 34.4 Å². The Morgan fingerprint density at radius 3 is 2.59 bits per heavy atom. The van der Waals surface area contributed by atoms with Gasteiger partial charge in [-0.1, -0.05) is 37.6 Å². The van der Waals surface area contributed by atoms with E-state index < -0.39 is 0 Å². The third-order valence-corrected chi connectivity index (χ3v) is 6.58. The molecule has 0 spiro atoms. The van der Waals surface area contributed by atoms with Gasteiger partial charge in [-0.2, -0.15) is 0 Å². The van der Waals surface area contributed by atoms with Crippen LogP contribution in [-0.2, 0) is 0 Å². The van der Waals surface area contributed by atoms with E-state index in [1.54, 1.807) is 7.11 Å².